The van der Waals surface area contributed by atoms with Crippen LogP contribution in [0.25, 0.3) is 10.9 Å². The Hall–Kier alpha value is -2.28. The highest BCUT2D eigenvalue weighted by atomic mass is 28.3. The fourth-order valence-corrected chi connectivity index (χ4v) is 13.0. The van der Waals surface area contributed by atoms with E-state index in [4.69, 9.17) is 14.2 Å². The summed E-state index contributed by atoms with van der Waals surface area (Å²) in [6.07, 6.45) is 0.895. The van der Waals surface area contributed by atoms with E-state index in [9.17, 15) is 9.59 Å². The zero-order chi connectivity index (χ0) is 25.1. The second kappa shape index (κ2) is 10.8. The molecule has 0 N–H and O–H groups in total. The van der Waals surface area contributed by atoms with Crippen LogP contribution in [0.4, 0.5) is 0 Å². The number of carbonyl (C=O) groups excluding carboxylic acids is 2. The standard InChI is InChI=1S/C26H41NO5Si/c1-16(2)33(17(3)4,18(5)6)27-19(7)21(23-15-20(30-8)11-14-24(23)27)12-13-22(25(28)31-9)26(29)32-10/h11,14-18,22H,12-13H2,1-10H3. The van der Waals surface area contributed by atoms with Crippen molar-refractivity contribution in [2.75, 3.05) is 21.3 Å². The van der Waals surface area contributed by atoms with E-state index in [-0.39, 0.29) is 0 Å². The Morgan fingerprint density at radius 2 is 1.42 bits per heavy atom. The molecule has 1 aromatic carbocycles. The van der Waals surface area contributed by atoms with Crippen LogP contribution >= 0.6 is 0 Å². The Kier molecular flexibility index (Phi) is 8.79. The minimum absolute atomic E-state index is 0.329. The second-order valence-corrected chi connectivity index (χ2v) is 15.5. The zero-order valence-electron chi connectivity index (χ0n) is 21.9. The normalized spacial score (nSPS) is 12.3. The Morgan fingerprint density at radius 1 is 0.909 bits per heavy atom. The van der Waals surface area contributed by atoms with E-state index in [0.717, 1.165) is 16.7 Å². The molecular weight excluding hydrogens is 434 g/mol. The molecule has 0 spiro atoms. The Balaban J connectivity index is 2.77. The summed E-state index contributed by atoms with van der Waals surface area (Å²) in [5.41, 5.74) is 5.16. The quantitative estimate of drug-likeness (QED) is 0.244. The first-order valence-corrected chi connectivity index (χ1v) is 14.0. The van der Waals surface area contributed by atoms with Gasteiger partial charge >= 0.3 is 11.9 Å². The highest BCUT2D eigenvalue weighted by Gasteiger charge is 2.47. The monoisotopic (exact) mass is 475 g/mol. The van der Waals surface area contributed by atoms with Crippen molar-refractivity contribution < 1.29 is 23.8 Å². The number of hydrogen-bond acceptors (Lipinski definition) is 5. The summed E-state index contributed by atoms with van der Waals surface area (Å²) in [5.74, 6) is -1.26. The van der Waals surface area contributed by atoms with E-state index in [1.165, 1.54) is 25.4 Å². The van der Waals surface area contributed by atoms with Gasteiger partial charge < -0.3 is 18.4 Å². The van der Waals surface area contributed by atoms with Crippen LogP contribution in [-0.2, 0) is 25.5 Å². The van der Waals surface area contributed by atoms with E-state index in [1.54, 1.807) is 7.11 Å². The molecule has 0 unspecified atom stereocenters. The van der Waals surface area contributed by atoms with Gasteiger partial charge in [0.2, 0.25) is 0 Å². The number of benzene rings is 1. The van der Waals surface area contributed by atoms with Crippen LogP contribution in [-0.4, -0.2) is 45.7 Å². The van der Waals surface area contributed by atoms with Gasteiger partial charge in [-0.05, 0) is 60.2 Å². The van der Waals surface area contributed by atoms with Crippen molar-refractivity contribution in [2.24, 2.45) is 5.92 Å². The average Bonchev–Trinajstić information content (AvgIpc) is 3.04. The Morgan fingerprint density at radius 3 is 1.85 bits per heavy atom. The van der Waals surface area contributed by atoms with Crippen LogP contribution in [0.2, 0.25) is 16.6 Å². The molecule has 1 aromatic heterocycles. The number of fused-ring (bicyclic) bond motifs is 1. The van der Waals surface area contributed by atoms with Crippen molar-refractivity contribution in [1.29, 1.82) is 0 Å². The molecule has 0 amide bonds. The minimum atomic E-state index is -2.04. The van der Waals surface area contributed by atoms with Crippen molar-refractivity contribution in [3.63, 3.8) is 0 Å². The molecule has 0 bridgehead atoms. The lowest BCUT2D eigenvalue weighted by Crippen LogP contribution is -2.52. The third-order valence-corrected chi connectivity index (χ3v) is 14.3. The van der Waals surface area contributed by atoms with Gasteiger partial charge in [-0.15, -0.1) is 0 Å². The minimum Gasteiger partial charge on any atom is -0.497 e. The maximum Gasteiger partial charge on any atom is 0.320 e. The zero-order valence-corrected chi connectivity index (χ0v) is 22.9. The third kappa shape index (κ3) is 4.70. The molecule has 0 atom stereocenters. The van der Waals surface area contributed by atoms with Crippen LogP contribution in [0.15, 0.2) is 18.2 Å². The molecular formula is C26H41NO5Si. The molecule has 0 saturated heterocycles. The molecule has 0 radical (unpaired) electrons. The molecule has 0 aliphatic carbocycles. The third-order valence-electron chi connectivity index (χ3n) is 7.36. The van der Waals surface area contributed by atoms with Crippen molar-refractivity contribution in [1.82, 2.24) is 4.23 Å². The molecule has 0 fully saturated rings. The summed E-state index contributed by atoms with van der Waals surface area (Å²) in [5, 5.41) is 1.12. The topological polar surface area (TPSA) is 66.8 Å². The summed E-state index contributed by atoms with van der Waals surface area (Å²) in [6.45, 7) is 16.3. The average molecular weight is 476 g/mol. The van der Waals surface area contributed by atoms with Gasteiger partial charge in [0.05, 0.1) is 21.3 Å². The first-order chi connectivity index (χ1) is 15.5. The lowest BCUT2D eigenvalue weighted by molar-refractivity contribution is -0.159. The van der Waals surface area contributed by atoms with E-state index in [2.05, 4.69) is 64.8 Å². The van der Waals surface area contributed by atoms with E-state index in [0.29, 0.717) is 29.5 Å². The number of aromatic nitrogens is 1. The first kappa shape index (κ1) is 27.0. The van der Waals surface area contributed by atoms with Gasteiger partial charge in [-0.3, -0.25) is 9.59 Å². The van der Waals surface area contributed by atoms with Gasteiger partial charge in [0, 0.05) is 16.6 Å². The highest BCUT2D eigenvalue weighted by molar-refractivity contribution is 6.82. The number of esters is 2. The van der Waals surface area contributed by atoms with Gasteiger partial charge in [-0.1, -0.05) is 41.5 Å². The predicted molar refractivity (Wildman–Crippen MR) is 136 cm³/mol. The Bertz CT molecular complexity index is 954. The van der Waals surface area contributed by atoms with Crippen LogP contribution in [0, 0.1) is 12.8 Å². The largest absolute Gasteiger partial charge is 0.497 e. The molecule has 6 nitrogen and oxygen atoms in total. The van der Waals surface area contributed by atoms with E-state index in [1.807, 2.05) is 6.07 Å². The van der Waals surface area contributed by atoms with E-state index >= 15 is 0 Å². The number of ether oxygens (including phenoxy) is 3. The van der Waals surface area contributed by atoms with Crippen molar-refractivity contribution in [3.8, 4) is 5.75 Å². The second-order valence-electron chi connectivity index (χ2n) is 9.77. The van der Waals surface area contributed by atoms with Crippen LogP contribution in [0.1, 0.15) is 59.2 Å². The number of aryl methyl sites for hydroxylation is 1. The van der Waals surface area contributed by atoms with Gasteiger partial charge in [0.15, 0.2) is 14.2 Å². The molecule has 1 heterocycles. The SMILES string of the molecule is COC(=O)C(CCc1c(C)n([Si](C(C)C)(C(C)C)C(C)C)c2ccc(OC)cc12)C(=O)OC. The number of methoxy groups -OCH3 is 3. The molecule has 33 heavy (non-hydrogen) atoms. The number of rotatable bonds is 10. The van der Waals surface area contributed by atoms with Crippen LogP contribution in [0.5, 0.6) is 5.75 Å². The highest BCUT2D eigenvalue weighted by Crippen LogP contribution is 2.46. The maximum atomic E-state index is 12.3. The van der Waals surface area contributed by atoms with Crippen molar-refractivity contribution in [3.05, 3.63) is 29.5 Å². The Labute approximate surface area is 199 Å². The molecule has 0 aliphatic rings. The summed E-state index contributed by atoms with van der Waals surface area (Å²) in [7, 11) is 2.23. The molecule has 0 aliphatic heterocycles. The van der Waals surface area contributed by atoms with E-state index < -0.39 is 26.1 Å². The summed E-state index contributed by atoms with van der Waals surface area (Å²) in [6, 6.07) is 6.27. The molecule has 2 rings (SSSR count). The van der Waals surface area contributed by atoms with Gasteiger partial charge in [-0.2, -0.15) is 0 Å². The van der Waals surface area contributed by atoms with Crippen LogP contribution < -0.4 is 4.74 Å². The predicted octanol–water partition coefficient (Wildman–Crippen LogP) is 5.88. The molecule has 2 aromatic rings. The number of hydrogen-bond donors (Lipinski definition) is 0. The molecule has 0 saturated carbocycles. The lowest BCUT2D eigenvalue weighted by Gasteiger charge is -2.45. The first-order valence-electron chi connectivity index (χ1n) is 11.8. The van der Waals surface area contributed by atoms with Crippen molar-refractivity contribution in [2.45, 2.75) is 77.9 Å². The van der Waals surface area contributed by atoms with Crippen molar-refractivity contribution >= 4 is 31.1 Å². The van der Waals surface area contributed by atoms with Gasteiger partial charge in [0.25, 0.3) is 0 Å². The molecule has 184 valence electrons. The number of carbonyl (C=O) groups is 2. The lowest BCUT2D eigenvalue weighted by atomic mass is 9.97. The molecule has 7 heteroatoms. The van der Waals surface area contributed by atoms with Crippen LogP contribution in [0.3, 0.4) is 0 Å². The fraction of sp³-hybridized carbons (Fsp3) is 0.615. The maximum absolute atomic E-state index is 12.3. The summed E-state index contributed by atoms with van der Waals surface area (Å²) in [4.78, 5) is 24.5. The number of nitrogens with zero attached hydrogens (tertiary/aromatic N) is 1. The summed E-state index contributed by atoms with van der Waals surface area (Å²) >= 11 is 0. The van der Waals surface area contributed by atoms with Gasteiger partial charge in [-0.25, -0.2) is 0 Å². The fourth-order valence-electron chi connectivity index (χ4n) is 6.08. The summed E-state index contributed by atoms with van der Waals surface area (Å²) < 4.78 is 17.9. The van der Waals surface area contributed by atoms with Gasteiger partial charge in [0.1, 0.15) is 5.75 Å². The smallest absolute Gasteiger partial charge is 0.320 e.